The Kier molecular flexibility index (Phi) is 5.29. The van der Waals surface area contributed by atoms with Gasteiger partial charge in [-0.15, -0.1) is 11.3 Å². The van der Waals surface area contributed by atoms with E-state index in [-0.39, 0.29) is 18.2 Å². The van der Waals surface area contributed by atoms with Crippen molar-refractivity contribution in [2.24, 2.45) is 0 Å². The minimum absolute atomic E-state index is 0.193. The molecular weight excluding hydrogens is 378 g/mol. The maximum Gasteiger partial charge on any atom is 0.279 e. The molecule has 1 aliphatic carbocycles. The van der Waals surface area contributed by atoms with Crippen LogP contribution in [-0.2, 0) is 22.4 Å². The van der Waals surface area contributed by atoms with Crippen LogP contribution in [0.3, 0.4) is 0 Å². The predicted molar refractivity (Wildman–Crippen MR) is 105 cm³/mol. The first kappa shape index (κ1) is 18.5. The van der Waals surface area contributed by atoms with Crippen LogP contribution >= 0.6 is 11.3 Å². The van der Waals surface area contributed by atoms with Crippen molar-refractivity contribution in [1.29, 1.82) is 0 Å². The number of fused-ring (bicyclic) bond motifs is 2. The molecule has 8 heteroatoms. The lowest BCUT2D eigenvalue weighted by Gasteiger charge is -2.25. The third-order valence-electron chi connectivity index (χ3n) is 4.86. The fourth-order valence-electron chi connectivity index (χ4n) is 3.41. The highest BCUT2D eigenvalue weighted by Crippen LogP contribution is 2.30. The number of hydrogen-bond acceptors (Lipinski definition) is 5. The second-order valence-corrected chi connectivity index (χ2v) is 8.05. The molecule has 0 unspecified atom stereocenters. The molecule has 2 aromatic rings. The molecule has 1 aliphatic heterocycles. The maximum absolute atomic E-state index is 12.3. The van der Waals surface area contributed by atoms with E-state index < -0.39 is 12.0 Å². The van der Waals surface area contributed by atoms with Gasteiger partial charge < -0.3 is 10.1 Å². The van der Waals surface area contributed by atoms with Crippen LogP contribution in [0.25, 0.3) is 0 Å². The Balaban J connectivity index is 1.31. The van der Waals surface area contributed by atoms with Crippen molar-refractivity contribution in [3.05, 3.63) is 45.6 Å². The van der Waals surface area contributed by atoms with E-state index in [9.17, 15) is 14.4 Å². The molecule has 0 radical (unpaired) electrons. The van der Waals surface area contributed by atoms with Crippen LogP contribution in [0.1, 0.15) is 45.8 Å². The van der Waals surface area contributed by atoms with Crippen molar-refractivity contribution < 1.29 is 19.1 Å². The van der Waals surface area contributed by atoms with Gasteiger partial charge in [0.15, 0.2) is 6.10 Å². The number of ether oxygens (including phenoxy) is 1. The van der Waals surface area contributed by atoms with Crippen LogP contribution in [0, 0.1) is 0 Å². The summed E-state index contributed by atoms with van der Waals surface area (Å²) in [6.45, 7) is 0. The minimum Gasteiger partial charge on any atom is -0.478 e. The van der Waals surface area contributed by atoms with Crippen LogP contribution in [0.2, 0.25) is 0 Å². The summed E-state index contributed by atoms with van der Waals surface area (Å²) < 4.78 is 5.59. The van der Waals surface area contributed by atoms with Crippen molar-refractivity contribution in [3.63, 3.8) is 0 Å². The molecule has 2 heterocycles. The Bertz CT molecular complexity index is 900. The fraction of sp³-hybridized carbons (Fsp3) is 0.350. The van der Waals surface area contributed by atoms with Gasteiger partial charge in [0.05, 0.1) is 17.0 Å². The summed E-state index contributed by atoms with van der Waals surface area (Å²) in [5, 5.41) is 2.71. The molecular formula is C20H21N3O4S. The number of amides is 3. The van der Waals surface area contributed by atoms with Gasteiger partial charge in [-0.25, -0.2) is 0 Å². The highest BCUT2D eigenvalue weighted by molar-refractivity contribution is 7.14. The summed E-state index contributed by atoms with van der Waals surface area (Å²) in [7, 11) is 0. The number of hydrazine groups is 1. The zero-order chi connectivity index (χ0) is 19.5. The monoisotopic (exact) mass is 399 g/mol. The number of nitrogens with one attached hydrogen (secondary N) is 3. The molecule has 0 bridgehead atoms. The second kappa shape index (κ2) is 8.02. The largest absolute Gasteiger partial charge is 0.478 e. The minimum atomic E-state index is -0.940. The number of carbonyl (C=O) groups is 3. The molecule has 3 N–H and O–H groups in total. The summed E-state index contributed by atoms with van der Waals surface area (Å²) in [4.78, 5) is 38.5. The van der Waals surface area contributed by atoms with Crippen LogP contribution < -0.4 is 20.9 Å². The summed E-state index contributed by atoms with van der Waals surface area (Å²) >= 11 is 1.48. The molecule has 3 amide bonds. The molecule has 1 aromatic heterocycles. The molecule has 0 spiro atoms. The van der Waals surface area contributed by atoms with Crippen LogP contribution in [0.4, 0.5) is 5.69 Å². The van der Waals surface area contributed by atoms with Gasteiger partial charge in [0.2, 0.25) is 5.91 Å². The number of hydrogen-bond donors (Lipinski definition) is 3. The fourth-order valence-corrected chi connectivity index (χ4v) is 4.56. The Morgan fingerprint density at radius 3 is 2.86 bits per heavy atom. The lowest BCUT2D eigenvalue weighted by atomic mass is 10.1. The third-order valence-corrected chi connectivity index (χ3v) is 6.10. The topological polar surface area (TPSA) is 96.5 Å². The van der Waals surface area contributed by atoms with E-state index in [2.05, 4.69) is 16.2 Å². The van der Waals surface area contributed by atoms with E-state index in [0.717, 1.165) is 25.7 Å². The van der Waals surface area contributed by atoms with E-state index in [1.54, 1.807) is 24.3 Å². The normalized spacial score (nSPS) is 18.0. The van der Waals surface area contributed by atoms with Gasteiger partial charge in [-0.1, -0.05) is 18.6 Å². The van der Waals surface area contributed by atoms with Crippen molar-refractivity contribution in [3.8, 4) is 5.75 Å². The smallest absolute Gasteiger partial charge is 0.279 e. The molecule has 0 saturated carbocycles. The van der Waals surface area contributed by atoms with Crippen molar-refractivity contribution >= 4 is 34.7 Å². The van der Waals surface area contributed by atoms with Gasteiger partial charge in [0, 0.05) is 4.88 Å². The Hall–Kier alpha value is -2.87. The SMILES string of the molecule is O=C(C[C@@H]1Oc2ccccc2NC1=O)NNC(=O)c1cc2c(s1)CCCCC2. The number of anilines is 1. The molecule has 7 nitrogen and oxygen atoms in total. The molecule has 0 fully saturated rings. The highest BCUT2D eigenvalue weighted by atomic mass is 32.1. The summed E-state index contributed by atoms with van der Waals surface area (Å²) in [5.74, 6) is -0.706. The summed E-state index contributed by atoms with van der Waals surface area (Å²) in [5.41, 5.74) is 6.62. The van der Waals surface area contributed by atoms with E-state index in [1.807, 2.05) is 6.07 Å². The van der Waals surface area contributed by atoms with Crippen LogP contribution in [-0.4, -0.2) is 23.8 Å². The first-order valence-electron chi connectivity index (χ1n) is 9.37. The molecule has 0 saturated heterocycles. The van der Waals surface area contributed by atoms with Crippen LogP contribution in [0.5, 0.6) is 5.75 Å². The second-order valence-electron chi connectivity index (χ2n) is 6.92. The molecule has 28 heavy (non-hydrogen) atoms. The Morgan fingerprint density at radius 1 is 1.14 bits per heavy atom. The molecule has 146 valence electrons. The van der Waals surface area contributed by atoms with E-state index in [1.165, 1.54) is 28.2 Å². The van der Waals surface area contributed by atoms with Gasteiger partial charge >= 0.3 is 0 Å². The summed E-state index contributed by atoms with van der Waals surface area (Å²) in [6, 6.07) is 8.95. The molecule has 2 aliphatic rings. The zero-order valence-electron chi connectivity index (χ0n) is 15.2. The zero-order valence-corrected chi connectivity index (χ0v) is 16.1. The third kappa shape index (κ3) is 4.01. The number of carbonyl (C=O) groups excluding carboxylic acids is 3. The van der Waals surface area contributed by atoms with Gasteiger partial charge in [0.1, 0.15) is 5.75 Å². The van der Waals surface area contributed by atoms with Gasteiger partial charge in [-0.05, 0) is 49.4 Å². The van der Waals surface area contributed by atoms with E-state index in [0.29, 0.717) is 16.3 Å². The first-order chi connectivity index (χ1) is 13.6. The van der Waals surface area contributed by atoms with E-state index >= 15 is 0 Å². The molecule has 1 atom stereocenters. The van der Waals surface area contributed by atoms with Crippen molar-refractivity contribution in [1.82, 2.24) is 10.9 Å². The number of para-hydroxylation sites is 2. The maximum atomic E-state index is 12.3. The van der Waals surface area contributed by atoms with E-state index in [4.69, 9.17) is 4.74 Å². The first-order valence-corrected chi connectivity index (χ1v) is 10.2. The number of rotatable bonds is 3. The number of thiophene rings is 1. The van der Waals surface area contributed by atoms with Gasteiger partial charge in [-0.3, -0.25) is 25.2 Å². The van der Waals surface area contributed by atoms with Crippen LogP contribution in [0.15, 0.2) is 30.3 Å². The average Bonchev–Trinajstić information content (AvgIpc) is 2.97. The molecule has 4 rings (SSSR count). The van der Waals surface area contributed by atoms with Crippen molar-refractivity contribution in [2.75, 3.05) is 5.32 Å². The summed E-state index contributed by atoms with van der Waals surface area (Å²) in [6.07, 6.45) is 4.40. The van der Waals surface area contributed by atoms with Gasteiger partial charge in [-0.2, -0.15) is 0 Å². The number of aryl methyl sites for hydroxylation is 2. The highest BCUT2D eigenvalue weighted by Gasteiger charge is 2.29. The quantitative estimate of drug-likeness (QED) is 0.546. The standard InChI is InChI=1S/C20H21N3O4S/c24-18(11-15-19(25)21-13-7-4-5-8-14(13)27-15)22-23-20(26)17-10-12-6-2-1-3-9-16(12)28-17/h4-5,7-8,10,15H,1-3,6,9,11H2,(H,21,25)(H,22,24)(H,23,26)/t15-/m0/s1. The Morgan fingerprint density at radius 2 is 1.96 bits per heavy atom. The lowest BCUT2D eigenvalue weighted by Crippen LogP contribution is -2.46. The van der Waals surface area contributed by atoms with Gasteiger partial charge in [0.25, 0.3) is 11.8 Å². The van der Waals surface area contributed by atoms with Crippen molar-refractivity contribution in [2.45, 2.75) is 44.6 Å². The lowest BCUT2D eigenvalue weighted by molar-refractivity contribution is -0.130. The predicted octanol–water partition coefficient (Wildman–Crippen LogP) is 2.57. The average molecular weight is 399 g/mol. The molecule has 1 aromatic carbocycles. The Labute approximate surface area is 166 Å². The number of benzene rings is 1.